The maximum absolute atomic E-state index is 12.1. The Morgan fingerprint density at radius 1 is 1.35 bits per heavy atom. The quantitative estimate of drug-likeness (QED) is 0.752. The Labute approximate surface area is 104 Å². The van der Waals surface area contributed by atoms with Crippen LogP contribution in [0.5, 0.6) is 0 Å². The van der Waals surface area contributed by atoms with Crippen molar-refractivity contribution >= 4 is 10.0 Å². The fourth-order valence-electron chi connectivity index (χ4n) is 3.19. The van der Waals surface area contributed by atoms with Crippen molar-refractivity contribution in [3.63, 3.8) is 0 Å². The Balaban J connectivity index is 2.11. The van der Waals surface area contributed by atoms with Gasteiger partial charge in [0, 0.05) is 24.7 Å². The third-order valence-corrected chi connectivity index (χ3v) is 5.78. The van der Waals surface area contributed by atoms with Gasteiger partial charge in [0.05, 0.1) is 5.75 Å². The van der Waals surface area contributed by atoms with E-state index in [1.807, 2.05) is 6.92 Å². The molecule has 2 aliphatic heterocycles. The standard InChI is InChI=1S/C12H22N2O2S/c1-3-7-17(15,16)14(4-2)12-8-10-5-6-11(9-12)13-10/h3,10-13H,1,4-9H2,2H3. The molecule has 2 atom stereocenters. The minimum atomic E-state index is -3.15. The van der Waals surface area contributed by atoms with E-state index in [0.29, 0.717) is 18.6 Å². The Morgan fingerprint density at radius 3 is 2.41 bits per heavy atom. The first kappa shape index (κ1) is 13.1. The van der Waals surface area contributed by atoms with Gasteiger partial charge in [-0.2, -0.15) is 4.31 Å². The number of sulfonamides is 1. The number of fused-ring (bicyclic) bond motifs is 2. The smallest absolute Gasteiger partial charge is 0.217 e. The van der Waals surface area contributed by atoms with E-state index in [1.165, 1.54) is 18.9 Å². The highest BCUT2D eigenvalue weighted by molar-refractivity contribution is 7.89. The first-order valence-electron chi connectivity index (χ1n) is 6.43. The molecule has 0 amide bonds. The Bertz CT molecular complexity index is 368. The van der Waals surface area contributed by atoms with Crippen LogP contribution in [0.15, 0.2) is 12.7 Å². The van der Waals surface area contributed by atoms with Crippen LogP contribution >= 0.6 is 0 Å². The lowest BCUT2D eigenvalue weighted by atomic mass is 10.00. The van der Waals surface area contributed by atoms with Gasteiger partial charge in [0.1, 0.15) is 0 Å². The number of nitrogens with one attached hydrogen (secondary N) is 1. The fraction of sp³-hybridized carbons (Fsp3) is 0.833. The summed E-state index contributed by atoms with van der Waals surface area (Å²) in [4.78, 5) is 0. The molecule has 0 saturated carbocycles. The van der Waals surface area contributed by atoms with Crippen LogP contribution in [0.1, 0.15) is 32.6 Å². The van der Waals surface area contributed by atoms with Gasteiger partial charge < -0.3 is 5.32 Å². The van der Waals surface area contributed by atoms with Crippen LogP contribution in [0, 0.1) is 0 Å². The molecular formula is C12H22N2O2S. The van der Waals surface area contributed by atoms with Gasteiger partial charge in [-0.25, -0.2) is 8.42 Å². The molecule has 17 heavy (non-hydrogen) atoms. The van der Waals surface area contributed by atoms with E-state index >= 15 is 0 Å². The van der Waals surface area contributed by atoms with Crippen molar-refractivity contribution in [2.45, 2.75) is 50.7 Å². The van der Waals surface area contributed by atoms with Crippen LogP contribution in [0.2, 0.25) is 0 Å². The van der Waals surface area contributed by atoms with Crippen molar-refractivity contribution < 1.29 is 8.42 Å². The van der Waals surface area contributed by atoms with Crippen molar-refractivity contribution in [3.8, 4) is 0 Å². The van der Waals surface area contributed by atoms with Crippen molar-refractivity contribution in [2.75, 3.05) is 12.3 Å². The number of nitrogens with zero attached hydrogens (tertiary/aromatic N) is 1. The molecule has 2 rings (SSSR count). The molecule has 2 heterocycles. The molecule has 98 valence electrons. The zero-order valence-corrected chi connectivity index (χ0v) is 11.2. The average Bonchev–Trinajstić information content (AvgIpc) is 2.58. The summed E-state index contributed by atoms with van der Waals surface area (Å²) >= 11 is 0. The largest absolute Gasteiger partial charge is 0.311 e. The van der Waals surface area contributed by atoms with Gasteiger partial charge in [0.2, 0.25) is 10.0 Å². The van der Waals surface area contributed by atoms with Crippen LogP contribution in [0.25, 0.3) is 0 Å². The van der Waals surface area contributed by atoms with E-state index in [1.54, 1.807) is 4.31 Å². The Kier molecular flexibility index (Phi) is 3.90. The van der Waals surface area contributed by atoms with Crippen LogP contribution < -0.4 is 5.32 Å². The second-order valence-electron chi connectivity index (χ2n) is 5.03. The van der Waals surface area contributed by atoms with Gasteiger partial charge >= 0.3 is 0 Å². The monoisotopic (exact) mass is 258 g/mol. The van der Waals surface area contributed by atoms with Gasteiger partial charge in [-0.05, 0) is 25.7 Å². The number of piperidine rings is 1. The molecule has 2 bridgehead atoms. The lowest BCUT2D eigenvalue weighted by molar-refractivity contribution is 0.233. The minimum absolute atomic E-state index is 0.0557. The molecule has 0 aromatic heterocycles. The number of hydrogen-bond acceptors (Lipinski definition) is 3. The van der Waals surface area contributed by atoms with E-state index in [-0.39, 0.29) is 11.8 Å². The van der Waals surface area contributed by atoms with E-state index < -0.39 is 10.0 Å². The Morgan fingerprint density at radius 2 is 1.94 bits per heavy atom. The molecule has 2 aliphatic rings. The van der Waals surface area contributed by atoms with Gasteiger partial charge in [-0.15, -0.1) is 6.58 Å². The molecule has 1 N–H and O–H groups in total. The van der Waals surface area contributed by atoms with Crippen molar-refractivity contribution in [1.29, 1.82) is 0 Å². The van der Waals surface area contributed by atoms with Crippen LogP contribution in [0.4, 0.5) is 0 Å². The summed E-state index contributed by atoms with van der Waals surface area (Å²) in [7, 11) is -3.15. The van der Waals surface area contributed by atoms with E-state index in [9.17, 15) is 8.42 Å². The lowest BCUT2D eigenvalue weighted by Gasteiger charge is -2.36. The summed E-state index contributed by atoms with van der Waals surface area (Å²) in [6.07, 6.45) is 5.79. The molecule has 2 saturated heterocycles. The average molecular weight is 258 g/mol. The van der Waals surface area contributed by atoms with Crippen LogP contribution in [0.3, 0.4) is 0 Å². The highest BCUT2D eigenvalue weighted by Crippen LogP contribution is 2.30. The fourth-order valence-corrected chi connectivity index (χ4v) is 4.70. The van der Waals surface area contributed by atoms with Crippen LogP contribution in [-0.2, 0) is 10.0 Å². The first-order valence-corrected chi connectivity index (χ1v) is 8.04. The first-order chi connectivity index (χ1) is 8.06. The van der Waals surface area contributed by atoms with E-state index in [2.05, 4.69) is 11.9 Å². The molecule has 0 radical (unpaired) electrons. The summed E-state index contributed by atoms with van der Waals surface area (Å²) in [5, 5.41) is 3.54. The molecule has 2 unspecified atom stereocenters. The summed E-state index contributed by atoms with van der Waals surface area (Å²) in [5.41, 5.74) is 0. The second-order valence-corrected chi connectivity index (χ2v) is 7.00. The third-order valence-electron chi connectivity index (χ3n) is 3.85. The summed E-state index contributed by atoms with van der Waals surface area (Å²) in [6.45, 7) is 6.02. The topological polar surface area (TPSA) is 49.4 Å². The van der Waals surface area contributed by atoms with Gasteiger partial charge in [-0.3, -0.25) is 0 Å². The number of rotatable bonds is 5. The maximum atomic E-state index is 12.1. The summed E-state index contributed by atoms with van der Waals surface area (Å²) in [5.74, 6) is 0.0557. The molecule has 5 heteroatoms. The lowest BCUT2D eigenvalue weighted by Crippen LogP contribution is -2.50. The van der Waals surface area contributed by atoms with E-state index in [4.69, 9.17) is 0 Å². The molecule has 2 fully saturated rings. The minimum Gasteiger partial charge on any atom is -0.311 e. The zero-order valence-electron chi connectivity index (χ0n) is 10.4. The molecule has 0 aromatic rings. The van der Waals surface area contributed by atoms with Crippen LogP contribution in [-0.4, -0.2) is 43.1 Å². The van der Waals surface area contributed by atoms with Gasteiger partial charge in [0.25, 0.3) is 0 Å². The SMILES string of the molecule is C=CCS(=O)(=O)N(CC)C1CC2CCC(C1)N2. The maximum Gasteiger partial charge on any atom is 0.217 e. The Hall–Kier alpha value is -0.390. The highest BCUT2D eigenvalue weighted by Gasteiger charge is 2.38. The van der Waals surface area contributed by atoms with Crippen molar-refractivity contribution in [2.24, 2.45) is 0 Å². The third kappa shape index (κ3) is 2.72. The predicted octanol–water partition coefficient (Wildman–Crippen LogP) is 1.11. The van der Waals surface area contributed by atoms with E-state index in [0.717, 1.165) is 12.8 Å². The van der Waals surface area contributed by atoms with Gasteiger partial charge in [0.15, 0.2) is 0 Å². The molecule has 4 nitrogen and oxygen atoms in total. The molecular weight excluding hydrogens is 236 g/mol. The predicted molar refractivity (Wildman–Crippen MR) is 69.3 cm³/mol. The van der Waals surface area contributed by atoms with Crippen molar-refractivity contribution in [1.82, 2.24) is 9.62 Å². The summed E-state index contributed by atoms with van der Waals surface area (Å²) in [6, 6.07) is 1.22. The zero-order chi connectivity index (χ0) is 12.5. The summed E-state index contributed by atoms with van der Waals surface area (Å²) < 4.78 is 25.9. The highest BCUT2D eigenvalue weighted by atomic mass is 32.2. The second kappa shape index (κ2) is 5.08. The van der Waals surface area contributed by atoms with Crippen molar-refractivity contribution in [3.05, 3.63) is 12.7 Å². The molecule has 0 aliphatic carbocycles. The van der Waals surface area contributed by atoms with Gasteiger partial charge in [-0.1, -0.05) is 13.0 Å². The normalized spacial score (nSPS) is 32.9. The number of hydrogen-bond donors (Lipinski definition) is 1. The molecule has 0 aromatic carbocycles. The molecule has 0 spiro atoms.